The van der Waals surface area contributed by atoms with Crippen molar-refractivity contribution in [2.45, 2.75) is 111 Å². The van der Waals surface area contributed by atoms with E-state index in [9.17, 15) is 24.3 Å². The molecule has 8 nitrogen and oxygen atoms in total. The van der Waals surface area contributed by atoms with E-state index in [2.05, 4.69) is 73.0 Å². The minimum absolute atomic E-state index is 0.186. The van der Waals surface area contributed by atoms with Gasteiger partial charge in [0.1, 0.15) is 17.7 Å². The lowest BCUT2D eigenvalue weighted by Crippen LogP contribution is -2.44. The molecule has 3 atom stereocenters. The molecule has 0 fully saturated rings. The number of hydrogen-bond acceptors (Lipinski definition) is 6. The molecular weight excluding hydrogens is 534 g/mol. The van der Waals surface area contributed by atoms with E-state index in [1.165, 1.54) is 13.8 Å². The Morgan fingerprint density at radius 2 is 1.14 bits per heavy atom. The van der Waals surface area contributed by atoms with Crippen LogP contribution in [0.1, 0.15) is 92.9 Å². The fourth-order valence-corrected chi connectivity index (χ4v) is 3.44. The molecule has 0 aliphatic heterocycles. The lowest BCUT2D eigenvalue weighted by molar-refractivity contribution is -0.176. The summed E-state index contributed by atoms with van der Waals surface area (Å²) in [6.45, 7) is 9.70. The number of amides is 1. The van der Waals surface area contributed by atoms with Crippen molar-refractivity contribution < 1.29 is 33.8 Å². The van der Waals surface area contributed by atoms with Crippen molar-refractivity contribution in [1.82, 2.24) is 5.32 Å². The minimum atomic E-state index is -1.68. The van der Waals surface area contributed by atoms with Gasteiger partial charge in [0.05, 0.1) is 0 Å². The van der Waals surface area contributed by atoms with E-state index in [-0.39, 0.29) is 12.3 Å². The number of nitrogens with one attached hydrogen (secondary N) is 1. The molecule has 8 heteroatoms. The van der Waals surface area contributed by atoms with Crippen LogP contribution in [0.4, 0.5) is 0 Å². The topological polar surface area (TPSA) is 119 Å². The molecule has 0 aromatic rings. The molecule has 2 N–H and O–H groups in total. The standard InChI is InChI=1S/C34H51NO7/c1-7-8-9-10-11-12-13-14-15-16-17-18-19-20-21-22-23-24-25-26-29(36)35-27(2)32(39)41-28(3)30(31(37)38)33(40)42-34(4,5)6/h8-9,11-12,14-15,17-18,20-21,23-24,27-28,30H,7,10,13,16,19,22,25-26H2,1-6H3,(H,35,36)(H,37,38). The third-order valence-electron chi connectivity index (χ3n) is 5.56. The van der Waals surface area contributed by atoms with Gasteiger partial charge in [0.2, 0.25) is 5.91 Å². The molecule has 234 valence electrons. The second-order valence-electron chi connectivity index (χ2n) is 10.7. The second kappa shape index (κ2) is 22.9. The van der Waals surface area contributed by atoms with Gasteiger partial charge in [0, 0.05) is 6.42 Å². The number of hydrogen-bond donors (Lipinski definition) is 2. The number of aliphatic carboxylic acids is 1. The monoisotopic (exact) mass is 585 g/mol. The van der Waals surface area contributed by atoms with E-state index in [0.717, 1.165) is 38.5 Å². The zero-order valence-electron chi connectivity index (χ0n) is 26.2. The van der Waals surface area contributed by atoms with Gasteiger partial charge in [-0.3, -0.25) is 14.4 Å². The molecule has 0 radical (unpaired) electrons. The molecule has 0 aliphatic carbocycles. The maximum Gasteiger partial charge on any atom is 0.328 e. The molecule has 0 aromatic carbocycles. The summed E-state index contributed by atoms with van der Waals surface area (Å²) >= 11 is 0. The lowest BCUT2D eigenvalue weighted by atomic mass is 10.0. The number of rotatable bonds is 20. The van der Waals surface area contributed by atoms with Crippen molar-refractivity contribution in [3.63, 3.8) is 0 Å². The first kappa shape index (κ1) is 38.3. The minimum Gasteiger partial charge on any atom is -0.480 e. The van der Waals surface area contributed by atoms with Crippen molar-refractivity contribution in [1.29, 1.82) is 0 Å². The van der Waals surface area contributed by atoms with Gasteiger partial charge >= 0.3 is 17.9 Å². The van der Waals surface area contributed by atoms with Gasteiger partial charge in [0.15, 0.2) is 5.92 Å². The maximum absolute atomic E-state index is 12.4. The smallest absolute Gasteiger partial charge is 0.328 e. The summed E-state index contributed by atoms with van der Waals surface area (Å²) in [4.78, 5) is 48.3. The number of carbonyl (C=O) groups is 4. The maximum atomic E-state index is 12.4. The predicted octanol–water partition coefficient (Wildman–Crippen LogP) is 6.94. The highest BCUT2D eigenvalue weighted by atomic mass is 16.6. The Kier molecular flexibility index (Phi) is 20.9. The highest BCUT2D eigenvalue weighted by molar-refractivity contribution is 5.95. The Labute approximate surface area is 252 Å². The quantitative estimate of drug-likeness (QED) is 0.0902. The van der Waals surface area contributed by atoms with E-state index >= 15 is 0 Å². The molecule has 0 saturated carbocycles. The summed E-state index contributed by atoms with van der Waals surface area (Å²) in [7, 11) is 0. The molecule has 1 amide bonds. The third-order valence-corrected chi connectivity index (χ3v) is 5.56. The first-order valence-corrected chi connectivity index (χ1v) is 14.7. The Morgan fingerprint density at radius 3 is 1.55 bits per heavy atom. The number of allylic oxidation sites excluding steroid dienone is 12. The lowest BCUT2D eigenvalue weighted by Gasteiger charge is -2.25. The van der Waals surface area contributed by atoms with E-state index in [4.69, 9.17) is 9.47 Å². The average molecular weight is 586 g/mol. The van der Waals surface area contributed by atoms with Crippen molar-refractivity contribution in [3.05, 3.63) is 72.9 Å². The molecule has 0 rings (SSSR count). The van der Waals surface area contributed by atoms with Crippen molar-refractivity contribution in [2.75, 3.05) is 0 Å². The average Bonchev–Trinajstić information content (AvgIpc) is 2.88. The molecule has 42 heavy (non-hydrogen) atoms. The largest absolute Gasteiger partial charge is 0.480 e. The fraction of sp³-hybridized carbons (Fsp3) is 0.529. The molecule has 0 heterocycles. The summed E-state index contributed by atoms with van der Waals surface area (Å²) in [6, 6.07) is -1.00. The first-order valence-electron chi connectivity index (χ1n) is 14.7. The zero-order chi connectivity index (χ0) is 31.8. The van der Waals surface area contributed by atoms with Gasteiger partial charge in [-0.2, -0.15) is 0 Å². The van der Waals surface area contributed by atoms with Crippen LogP contribution in [0, 0.1) is 5.92 Å². The summed E-state index contributed by atoms with van der Waals surface area (Å²) < 4.78 is 10.3. The highest BCUT2D eigenvalue weighted by Gasteiger charge is 2.38. The van der Waals surface area contributed by atoms with E-state index in [0.29, 0.717) is 6.42 Å². The number of esters is 2. The molecule has 0 spiro atoms. The normalized spacial score (nSPS) is 14.8. The summed E-state index contributed by atoms with van der Waals surface area (Å²) in [5.41, 5.74) is -0.890. The Morgan fingerprint density at radius 1 is 0.714 bits per heavy atom. The fourth-order valence-electron chi connectivity index (χ4n) is 3.44. The number of carbonyl (C=O) groups excluding carboxylic acids is 3. The number of carboxylic acid groups (broad SMARTS) is 1. The van der Waals surface area contributed by atoms with E-state index in [1.807, 2.05) is 12.2 Å². The molecule has 3 unspecified atom stereocenters. The van der Waals surface area contributed by atoms with Crippen LogP contribution in [0.3, 0.4) is 0 Å². The van der Waals surface area contributed by atoms with Crippen LogP contribution in [-0.2, 0) is 28.7 Å². The summed E-state index contributed by atoms with van der Waals surface area (Å²) in [5, 5.41) is 11.9. The van der Waals surface area contributed by atoms with Gasteiger partial charge < -0.3 is 19.9 Å². The van der Waals surface area contributed by atoms with Gasteiger partial charge in [0.25, 0.3) is 0 Å². The van der Waals surface area contributed by atoms with Gasteiger partial charge in [-0.1, -0.05) is 79.8 Å². The van der Waals surface area contributed by atoms with Crippen molar-refractivity contribution >= 4 is 23.8 Å². The van der Waals surface area contributed by atoms with Crippen LogP contribution < -0.4 is 5.32 Å². The Bertz CT molecular complexity index is 996. The Balaban J connectivity index is 4.21. The summed E-state index contributed by atoms with van der Waals surface area (Å²) in [6.07, 6.45) is 30.4. The number of carboxylic acids is 1. The SMILES string of the molecule is CCC=CCC=CCC=CCC=CCC=CCC=CCCC(=O)NC(C)C(=O)OC(C)C(C(=O)O)C(=O)OC(C)(C)C. The molecule has 0 aliphatic rings. The van der Waals surface area contributed by atoms with Crippen LogP contribution >= 0.6 is 0 Å². The molecule has 0 saturated heterocycles. The van der Waals surface area contributed by atoms with Crippen LogP contribution in [0.2, 0.25) is 0 Å². The van der Waals surface area contributed by atoms with Crippen LogP contribution in [0.25, 0.3) is 0 Å². The van der Waals surface area contributed by atoms with Crippen LogP contribution in [0.5, 0.6) is 0 Å². The predicted molar refractivity (Wildman–Crippen MR) is 168 cm³/mol. The van der Waals surface area contributed by atoms with Crippen molar-refractivity contribution in [3.8, 4) is 0 Å². The van der Waals surface area contributed by atoms with E-state index < -0.39 is 41.6 Å². The van der Waals surface area contributed by atoms with Crippen LogP contribution in [-0.4, -0.2) is 46.7 Å². The van der Waals surface area contributed by atoms with Crippen molar-refractivity contribution in [2.24, 2.45) is 5.92 Å². The van der Waals surface area contributed by atoms with E-state index in [1.54, 1.807) is 20.8 Å². The second-order valence-corrected chi connectivity index (χ2v) is 10.7. The Hall–Kier alpha value is -3.68. The van der Waals surface area contributed by atoms with Gasteiger partial charge in [-0.05, 0) is 79.6 Å². The third kappa shape index (κ3) is 21.1. The molecule has 0 aromatic heterocycles. The summed E-state index contributed by atoms with van der Waals surface area (Å²) in [5.74, 6) is -5.31. The van der Waals surface area contributed by atoms with Gasteiger partial charge in [-0.25, -0.2) is 4.79 Å². The highest BCUT2D eigenvalue weighted by Crippen LogP contribution is 2.17. The molecular formula is C34H51NO7. The van der Waals surface area contributed by atoms with Gasteiger partial charge in [-0.15, -0.1) is 0 Å². The first-order chi connectivity index (χ1) is 19.9. The van der Waals surface area contributed by atoms with Crippen LogP contribution in [0.15, 0.2) is 72.9 Å². The molecule has 0 bridgehead atoms. The zero-order valence-corrected chi connectivity index (χ0v) is 26.2. The number of ether oxygens (including phenoxy) is 2.